The fraction of sp³-hybridized carbons (Fsp3) is 0.750. The third-order valence-electron chi connectivity index (χ3n) is 3.25. The van der Waals surface area contributed by atoms with Crippen molar-refractivity contribution in [2.24, 2.45) is 5.92 Å². The van der Waals surface area contributed by atoms with E-state index in [0.29, 0.717) is 18.3 Å². The standard InChI is InChI=1S/C12H21N5OS/c1-9-14-11(16-15-9)6-13-12(18)17-5-3-4-10(7-17)8-19-2/h10H,3-8H2,1-2H3,(H,13,18)(H,14,15,16)/t10-/m1/s1. The number of thioether (sulfide) groups is 1. The van der Waals surface area contributed by atoms with Crippen LogP contribution in [0.15, 0.2) is 0 Å². The highest BCUT2D eigenvalue weighted by molar-refractivity contribution is 7.98. The summed E-state index contributed by atoms with van der Waals surface area (Å²) in [5, 5.41) is 9.65. The van der Waals surface area contributed by atoms with Crippen LogP contribution in [0.5, 0.6) is 0 Å². The average Bonchev–Trinajstić information content (AvgIpc) is 2.82. The second-order valence-electron chi connectivity index (χ2n) is 4.91. The zero-order chi connectivity index (χ0) is 13.7. The maximum Gasteiger partial charge on any atom is 0.317 e. The minimum atomic E-state index is -0.00624. The summed E-state index contributed by atoms with van der Waals surface area (Å²) in [6.45, 7) is 3.94. The lowest BCUT2D eigenvalue weighted by atomic mass is 10.0. The Bertz CT molecular complexity index is 420. The molecule has 2 heterocycles. The molecule has 1 saturated heterocycles. The number of carbonyl (C=O) groups excluding carboxylic acids is 1. The Morgan fingerprint density at radius 3 is 3.16 bits per heavy atom. The topological polar surface area (TPSA) is 73.9 Å². The maximum absolute atomic E-state index is 12.1. The summed E-state index contributed by atoms with van der Waals surface area (Å²) in [6, 6.07) is -0.00624. The van der Waals surface area contributed by atoms with Crippen molar-refractivity contribution >= 4 is 17.8 Å². The molecule has 1 atom stereocenters. The zero-order valence-electron chi connectivity index (χ0n) is 11.5. The lowest BCUT2D eigenvalue weighted by Gasteiger charge is -2.32. The van der Waals surface area contributed by atoms with E-state index >= 15 is 0 Å². The Kier molecular flexibility index (Phi) is 5.07. The Hall–Kier alpha value is -1.24. The van der Waals surface area contributed by atoms with Crippen molar-refractivity contribution in [3.8, 4) is 0 Å². The van der Waals surface area contributed by atoms with Gasteiger partial charge in [-0.3, -0.25) is 5.10 Å². The monoisotopic (exact) mass is 283 g/mol. The van der Waals surface area contributed by atoms with Gasteiger partial charge >= 0.3 is 6.03 Å². The van der Waals surface area contributed by atoms with E-state index in [0.717, 1.165) is 31.1 Å². The van der Waals surface area contributed by atoms with E-state index in [-0.39, 0.29) is 6.03 Å². The van der Waals surface area contributed by atoms with Gasteiger partial charge in [0.2, 0.25) is 0 Å². The van der Waals surface area contributed by atoms with Crippen LogP contribution < -0.4 is 5.32 Å². The van der Waals surface area contributed by atoms with Gasteiger partial charge in [-0.1, -0.05) is 0 Å². The van der Waals surface area contributed by atoms with Crippen LogP contribution in [0.4, 0.5) is 4.79 Å². The van der Waals surface area contributed by atoms with Crippen molar-refractivity contribution in [3.05, 3.63) is 11.6 Å². The molecule has 1 aliphatic rings. The second kappa shape index (κ2) is 6.79. The molecular weight excluding hydrogens is 262 g/mol. The number of aryl methyl sites for hydroxylation is 1. The summed E-state index contributed by atoms with van der Waals surface area (Å²) < 4.78 is 0. The van der Waals surface area contributed by atoms with E-state index in [9.17, 15) is 4.79 Å². The minimum Gasteiger partial charge on any atom is -0.331 e. The van der Waals surface area contributed by atoms with Crippen LogP contribution >= 0.6 is 11.8 Å². The van der Waals surface area contributed by atoms with E-state index < -0.39 is 0 Å². The smallest absolute Gasteiger partial charge is 0.317 e. The van der Waals surface area contributed by atoms with E-state index in [4.69, 9.17) is 0 Å². The van der Waals surface area contributed by atoms with Gasteiger partial charge in [0.15, 0.2) is 5.82 Å². The van der Waals surface area contributed by atoms with Gasteiger partial charge in [0.1, 0.15) is 5.82 Å². The van der Waals surface area contributed by atoms with Crippen LogP contribution in [0, 0.1) is 12.8 Å². The second-order valence-corrected chi connectivity index (χ2v) is 5.82. The van der Waals surface area contributed by atoms with Crippen molar-refractivity contribution in [1.82, 2.24) is 25.4 Å². The summed E-state index contributed by atoms with van der Waals surface area (Å²) in [4.78, 5) is 18.1. The van der Waals surface area contributed by atoms with Gasteiger partial charge in [0, 0.05) is 13.1 Å². The molecule has 0 spiro atoms. The van der Waals surface area contributed by atoms with Crippen molar-refractivity contribution < 1.29 is 4.79 Å². The molecule has 1 aromatic rings. The van der Waals surface area contributed by atoms with Crippen LogP contribution in [0.3, 0.4) is 0 Å². The maximum atomic E-state index is 12.1. The number of hydrogen-bond acceptors (Lipinski definition) is 4. The predicted molar refractivity (Wildman–Crippen MR) is 76.0 cm³/mol. The molecular formula is C12H21N5OS. The number of carbonyl (C=O) groups is 1. The van der Waals surface area contributed by atoms with E-state index in [1.54, 1.807) is 0 Å². The zero-order valence-corrected chi connectivity index (χ0v) is 12.3. The lowest BCUT2D eigenvalue weighted by molar-refractivity contribution is 0.170. The highest BCUT2D eigenvalue weighted by atomic mass is 32.2. The first-order valence-electron chi connectivity index (χ1n) is 6.58. The molecule has 106 valence electrons. The van der Waals surface area contributed by atoms with Gasteiger partial charge in [-0.15, -0.1) is 0 Å². The van der Waals surface area contributed by atoms with Crippen molar-refractivity contribution in [3.63, 3.8) is 0 Å². The molecule has 0 bridgehead atoms. The quantitative estimate of drug-likeness (QED) is 0.876. The Morgan fingerprint density at radius 1 is 1.63 bits per heavy atom. The largest absolute Gasteiger partial charge is 0.331 e. The summed E-state index contributed by atoms with van der Waals surface area (Å²) in [5.74, 6) is 3.15. The molecule has 7 heteroatoms. The third kappa shape index (κ3) is 4.12. The number of piperidine rings is 1. The first-order valence-corrected chi connectivity index (χ1v) is 7.98. The van der Waals surface area contributed by atoms with Gasteiger partial charge in [-0.2, -0.15) is 16.9 Å². The molecule has 19 heavy (non-hydrogen) atoms. The van der Waals surface area contributed by atoms with Crippen LogP contribution in [0.1, 0.15) is 24.5 Å². The molecule has 1 aromatic heterocycles. The van der Waals surface area contributed by atoms with Gasteiger partial charge < -0.3 is 10.2 Å². The molecule has 0 aromatic carbocycles. The van der Waals surface area contributed by atoms with Crippen molar-refractivity contribution in [1.29, 1.82) is 0 Å². The SMILES string of the molecule is CSC[C@@H]1CCCN(C(=O)NCc2n[nH]c(C)n2)C1. The first-order chi connectivity index (χ1) is 9.19. The first kappa shape index (κ1) is 14.2. The van der Waals surface area contributed by atoms with Gasteiger partial charge in [0.05, 0.1) is 6.54 Å². The number of nitrogens with zero attached hydrogens (tertiary/aromatic N) is 3. The molecule has 6 nitrogen and oxygen atoms in total. The van der Waals surface area contributed by atoms with Gasteiger partial charge in [0.25, 0.3) is 0 Å². The lowest BCUT2D eigenvalue weighted by Crippen LogP contribution is -2.45. The number of amides is 2. The molecule has 0 saturated carbocycles. The minimum absolute atomic E-state index is 0.00624. The molecule has 0 unspecified atom stereocenters. The molecule has 1 fully saturated rings. The molecule has 0 aliphatic carbocycles. The molecule has 2 rings (SSSR count). The summed E-state index contributed by atoms with van der Waals surface area (Å²) >= 11 is 1.85. The number of aromatic amines is 1. The van der Waals surface area contributed by atoms with E-state index in [1.807, 2.05) is 23.6 Å². The van der Waals surface area contributed by atoms with Crippen LogP contribution in [-0.2, 0) is 6.54 Å². The number of urea groups is 1. The van der Waals surface area contributed by atoms with Gasteiger partial charge in [-0.05, 0) is 37.7 Å². The van der Waals surface area contributed by atoms with Crippen LogP contribution in [0.25, 0.3) is 0 Å². The fourth-order valence-corrected chi connectivity index (χ4v) is 3.10. The van der Waals surface area contributed by atoms with Crippen molar-refractivity contribution in [2.75, 3.05) is 25.1 Å². The number of rotatable bonds is 4. The summed E-state index contributed by atoms with van der Waals surface area (Å²) in [7, 11) is 0. The number of nitrogens with one attached hydrogen (secondary N) is 2. The molecule has 2 N–H and O–H groups in total. The number of aromatic nitrogens is 3. The molecule has 1 aliphatic heterocycles. The average molecular weight is 283 g/mol. The summed E-state index contributed by atoms with van der Waals surface area (Å²) in [5.41, 5.74) is 0. The summed E-state index contributed by atoms with van der Waals surface area (Å²) in [6.07, 6.45) is 4.44. The predicted octanol–water partition coefficient (Wildman–Crippen LogP) is 1.40. The Balaban J connectivity index is 1.79. The van der Waals surface area contributed by atoms with E-state index in [1.165, 1.54) is 6.42 Å². The third-order valence-corrected chi connectivity index (χ3v) is 4.05. The highest BCUT2D eigenvalue weighted by Gasteiger charge is 2.23. The van der Waals surface area contributed by atoms with Gasteiger partial charge in [-0.25, -0.2) is 9.78 Å². The number of H-pyrrole nitrogens is 1. The van der Waals surface area contributed by atoms with E-state index in [2.05, 4.69) is 26.8 Å². The Morgan fingerprint density at radius 2 is 2.47 bits per heavy atom. The normalized spacial score (nSPS) is 19.5. The van der Waals surface area contributed by atoms with Crippen LogP contribution in [0.2, 0.25) is 0 Å². The number of likely N-dealkylation sites (tertiary alicyclic amines) is 1. The van der Waals surface area contributed by atoms with Crippen LogP contribution in [-0.4, -0.2) is 51.2 Å². The molecule has 2 amide bonds. The Labute approximate surface area is 117 Å². The molecule has 0 radical (unpaired) electrons. The fourth-order valence-electron chi connectivity index (χ4n) is 2.36. The van der Waals surface area contributed by atoms with Crippen molar-refractivity contribution in [2.45, 2.75) is 26.3 Å². The number of hydrogen-bond donors (Lipinski definition) is 2. The highest BCUT2D eigenvalue weighted by Crippen LogP contribution is 2.19.